The Morgan fingerprint density at radius 1 is 1.06 bits per heavy atom. The Balaban J connectivity index is 2.45. The van der Waals surface area contributed by atoms with Crippen molar-refractivity contribution in [1.29, 1.82) is 0 Å². The van der Waals surface area contributed by atoms with Crippen molar-refractivity contribution in [2.75, 3.05) is 5.32 Å². The third kappa shape index (κ3) is 2.15. The SMILES string of the molecule is CCC(O)(O)Nc1cccc2ccccc12. The van der Waals surface area contributed by atoms with E-state index in [4.69, 9.17) is 0 Å². The number of benzene rings is 2. The van der Waals surface area contributed by atoms with Crippen molar-refractivity contribution in [3.05, 3.63) is 42.5 Å². The van der Waals surface area contributed by atoms with Gasteiger partial charge in [0.25, 0.3) is 0 Å². The third-order valence-electron chi connectivity index (χ3n) is 2.62. The highest BCUT2D eigenvalue weighted by Gasteiger charge is 2.20. The van der Waals surface area contributed by atoms with E-state index in [9.17, 15) is 10.2 Å². The van der Waals surface area contributed by atoms with Crippen LogP contribution in [0.3, 0.4) is 0 Å². The predicted molar refractivity (Wildman–Crippen MR) is 65.0 cm³/mol. The Morgan fingerprint density at radius 3 is 2.50 bits per heavy atom. The lowest BCUT2D eigenvalue weighted by Gasteiger charge is -2.23. The minimum Gasteiger partial charge on any atom is -0.349 e. The van der Waals surface area contributed by atoms with E-state index in [-0.39, 0.29) is 6.42 Å². The van der Waals surface area contributed by atoms with Gasteiger partial charge in [-0.3, -0.25) is 0 Å². The standard InChI is InChI=1S/C13H15NO2/c1-2-13(15,16)14-12-9-5-7-10-6-3-4-8-11(10)12/h3-9,14-16H,2H2,1H3. The van der Waals surface area contributed by atoms with Crippen LogP contribution in [0.2, 0.25) is 0 Å². The summed E-state index contributed by atoms with van der Waals surface area (Å²) in [6, 6.07) is 13.5. The molecule has 0 radical (unpaired) electrons. The molecule has 0 amide bonds. The molecule has 0 saturated carbocycles. The number of hydrogen-bond donors (Lipinski definition) is 3. The fraction of sp³-hybridized carbons (Fsp3) is 0.231. The van der Waals surface area contributed by atoms with Crippen LogP contribution in [0.4, 0.5) is 5.69 Å². The highest BCUT2D eigenvalue weighted by molar-refractivity contribution is 5.93. The fourth-order valence-corrected chi connectivity index (χ4v) is 1.64. The van der Waals surface area contributed by atoms with Crippen LogP contribution in [0.1, 0.15) is 13.3 Å². The van der Waals surface area contributed by atoms with Crippen LogP contribution < -0.4 is 5.32 Å². The van der Waals surface area contributed by atoms with Crippen LogP contribution >= 0.6 is 0 Å². The van der Waals surface area contributed by atoms with E-state index < -0.39 is 5.91 Å². The zero-order valence-electron chi connectivity index (χ0n) is 9.14. The molecule has 0 aliphatic heterocycles. The average Bonchev–Trinajstić information content (AvgIpc) is 2.29. The summed E-state index contributed by atoms with van der Waals surface area (Å²) in [4.78, 5) is 0. The fourth-order valence-electron chi connectivity index (χ4n) is 1.64. The molecule has 3 heteroatoms. The largest absolute Gasteiger partial charge is 0.349 e. The van der Waals surface area contributed by atoms with Gasteiger partial charge in [0.2, 0.25) is 5.91 Å². The number of anilines is 1. The first kappa shape index (κ1) is 10.9. The molecule has 0 bridgehead atoms. The number of hydrogen-bond acceptors (Lipinski definition) is 3. The summed E-state index contributed by atoms with van der Waals surface area (Å²) in [5.74, 6) is -1.86. The minimum atomic E-state index is -1.86. The van der Waals surface area contributed by atoms with Gasteiger partial charge in [0.15, 0.2) is 0 Å². The normalized spacial score (nSPS) is 11.7. The van der Waals surface area contributed by atoms with Crippen LogP contribution in [0.5, 0.6) is 0 Å². The Labute approximate surface area is 94.3 Å². The minimum absolute atomic E-state index is 0.218. The van der Waals surface area contributed by atoms with Gasteiger partial charge in [-0.15, -0.1) is 0 Å². The van der Waals surface area contributed by atoms with Crippen molar-refractivity contribution in [2.24, 2.45) is 0 Å². The molecule has 3 N–H and O–H groups in total. The molecular weight excluding hydrogens is 202 g/mol. The van der Waals surface area contributed by atoms with Gasteiger partial charge >= 0.3 is 0 Å². The Kier molecular flexibility index (Phi) is 2.81. The molecular formula is C13H15NO2. The highest BCUT2D eigenvalue weighted by atomic mass is 16.5. The molecule has 0 spiro atoms. The Morgan fingerprint density at radius 2 is 1.75 bits per heavy atom. The topological polar surface area (TPSA) is 52.5 Å². The predicted octanol–water partition coefficient (Wildman–Crippen LogP) is 2.30. The lowest BCUT2D eigenvalue weighted by atomic mass is 10.1. The molecule has 0 saturated heterocycles. The number of nitrogens with one attached hydrogen (secondary N) is 1. The first-order chi connectivity index (χ1) is 7.62. The van der Waals surface area contributed by atoms with E-state index in [1.54, 1.807) is 6.92 Å². The van der Waals surface area contributed by atoms with Crippen molar-refractivity contribution in [1.82, 2.24) is 0 Å². The van der Waals surface area contributed by atoms with E-state index >= 15 is 0 Å². The second-order valence-electron chi connectivity index (χ2n) is 3.82. The number of rotatable bonds is 3. The van der Waals surface area contributed by atoms with E-state index in [0.717, 1.165) is 16.5 Å². The maximum absolute atomic E-state index is 9.58. The summed E-state index contributed by atoms with van der Waals surface area (Å²) in [5, 5.41) is 23.9. The summed E-state index contributed by atoms with van der Waals surface area (Å²) in [5.41, 5.74) is 0.727. The molecule has 2 aromatic carbocycles. The average molecular weight is 217 g/mol. The number of fused-ring (bicyclic) bond motifs is 1. The molecule has 0 unspecified atom stereocenters. The van der Waals surface area contributed by atoms with Gasteiger partial charge in [0, 0.05) is 17.5 Å². The van der Waals surface area contributed by atoms with Crippen LogP contribution in [0.15, 0.2) is 42.5 Å². The van der Waals surface area contributed by atoms with Crippen LogP contribution in [0.25, 0.3) is 10.8 Å². The highest BCUT2D eigenvalue weighted by Crippen LogP contribution is 2.25. The Bertz CT molecular complexity index is 489. The van der Waals surface area contributed by atoms with E-state index in [1.807, 2.05) is 42.5 Å². The van der Waals surface area contributed by atoms with Crippen molar-refractivity contribution in [2.45, 2.75) is 19.3 Å². The Hall–Kier alpha value is -1.58. The van der Waals surface area contributed by atoms with Crippen LogP contribution in [-0.2, 0) is 0 Å². The summed E-state index contributed by atoms with van der Waals surface area (Å²) >= 11 is 0. The molecule has 16 heavy (non-hydrogen) atoms. The van der Waals surface area contributed by atoms with E-state index in [1.165, 1.54) is 0 Å². The van der Waals surface area contributed by atoms with Gasteiger partial charge in [0.05, 0.1) is 0 Å². The van der Waals surface area contributed by atoms with Crippen molar-refractivity contribution < 1.29 is 10.2 Å². The van der Waals surface area contributed by atoms with Gasteiger partial charge in [-0.1, -0.05) is 43.3 Å². The quantitative estimate of drug-likeness (QED) is 0.691. The van der Waals surface area contributed by atoms with Gasteiger partial charge in [-0.05, 0) is 11.5 Å². The second-order valence-corrected chi connectivity index (χ2v) is 3.82. The summed E-state index contributed by atoms with van der Waals surface area (Å²) in [6.07, 6.45) is 0.218. The molecule has 2 aromatic rings. The molecule has 0 fully saturated rings. The van der Waals surface area contributed by atoms with Gasteiger partial charge in [0.1, 0.15) is 0 Å². The van der Waals surface area contributed by atoms with E-state index in [2.05, 4.69) is 5.32 Å². The smallest absolute Gasteiger partial charge is 0.243 e. The molecule has 0 aliphatic rings. The van der Waals surface area contributed by atoms with Crippen LogP contribution in [0, 0.1) is 0 Å². The zero-order chi connectivity index (χ0) is 11.6. The summed E-state index contributed by atoms with van der Waals surface area (Å²) < 4.78 is 0. The molecule has 0 atom stereocenters. The maximum Gasteiger partial charge on any atom is 0.243 e. The molecule has 84 valence electrons. The van der Waals surface area contributed by atoms with Gasteiger partial charge in [-0.25, -0.2) is 0 Å². The molecule has 0 aromatic heterocycles. The summed E-state index contributed by atoms with van der Waals surface area (Å²) in [6.45, 7) is 1.71. The second kappa shape index (κ2) is 4.12. The van der Waals surface area contributed by atoms with Gasteiger partial charge < -0.3 is 15.5 Å². The van der Waals surface area contributed by atoms with Crippen molar-refractivity contribution in [3.8, 4) is 0 Å². The molecule has 0 aliphatic carbocycles. The van der Waals surface area contributed by atoms with E-state index in [0.29, 0.717) is 0 Å². The lowest BCUT2D eigenvalue weighted by Crippen LogP contribution is -2.36. The molecule has 3 nitrogen and oxygen atoms in total. The third-order valence-corrected chi connectivity index (χ3v) is 2.62. The molecule has 0 heterocycles. The lowest BCUT2D eigenvalue weighted by molar-refractivity contribution is -0.137. The summed E-state index contributed by atoms with van der Waals surface area (Å²) in [7, 11) is 0. The maximum atomic E-state index is 9.58. The van der Waals surface area contributed by atoms with Crippen molar-refractivity contribution >= 4 is 16.5 Å². The number of aliphatic hydroxyl groups is 2. The monoisotopic (exact) mass is 217 g/mol. The van der Waals surface area contributed by atoms with Gasteiger partial charge in [-0.2, -0.15) is 0 Å². The first-order valence-electron chi connectivity index (χ1n) is 5.33. The first-order valence-corrected chi connectivity index (χ1v) is 5.33. The van der Waals surface area contributed by atoms with Crippen molar-refractivity contribution in [3.63, 3.8) is 0 Å². The van der Waals surface area contributed by atoms with Crippen LogP contribution in [-0.4, -0.2) is 16.1 Å². The molecule has 2 rings (SSSR count). The zero-order valence-corrected chi connectivity index (χ0v) is 9.14.